The van der Waals surface area contributed by atoms with E-state index in [9.17, 15) is 9.59 Å². The summed E-state index contributed by atoms with van der Waals surface area (Å²) in [6.45, 7) is 4.21. The van der Waals surface area contributed by atoms with Gasteiger partial charge in [-0.05, 0) is 17.2 Å². The first-order valence-corrected chi connectivity index (χ1v) is 9.55. The number of carboxylic acids is 1. The molecule has 0 atom stereocenters. The first kappa shape index (κ1) is 18.3. The Hall–Kier alpha value is -2.53. The largest absolute Gasteiger partial charge is 0.481 e. The van der Waals surface area contributed by atoms with Crippen molar-refractivity contribution < 1.29 is 14.7 Å². The van der Waals surface area contributed by atoms with Gasteiger partial charge in [0.1, 0.15) is 0 Å². The van der Waals surface area contributed by atoms with Gasteiger partial charge in [0.25, 0.3) is 0 Å². The number of carboxylic acid groups (broad SMARTS) is 1. The Morgan fingerprint density at radius 1 is 1.12 bits per heavy atom. The van der Waals surface area contributed by atoms with Crippen LogP contribution in [0.2, 0.25) is 0 Å². The van der Waals surface area contributed by atoms with Gasteiger partial charge in [-0.1, -0.05) is 56.3 Å². The van der Waals surface area contributed by atoms with E-state index in [1.165, 1.54) is 17.3 Å². The number of ketones is 1. The van der Waals surface area contributed by atoms with Gasteiger partial charge in [0.15, 0.2) is 5.78 Å². The van der Waals surface area contributed by atoms with Crippen LogP contribution in [0.1, 0.15) is 35.3 Å². The molecule has 0 saturated heterocycles. The maximum absolute atomic E-state index is 12.7. The quantitative estimate of drug-likeness (QED) is 0.582. The molecule has 4 nitrogen and oxygen atoms in total. The van der Waals surface area contributed by atoms with Crippen molar-refractivity contribution in [3.8, 4) is 0 Å². The second kappa shape index (κ2) is 7.38. The first-order valence-electron chi connectivity index (χ1n) is 8.39. The average Bonchev–Trinajstić information content (AvgIpc) is 2.86. The number of aliphatic carboxylic acids is 1. The number of hydrogen-bond acceptors (Lipinski definition) is 4. The molecule has 1 aliphatic heterocycles. The molecule has 0 spiro atoms. The summed E-state index contributed by atoms with van der Waals surface area (Å²) >= 11 is 1.34. The molecule has 3 rings (SSSR count). The van der Waals surface area contributed by atoms with Gasteiger partial charge in [-0.25, -0.2) is 0 Å². The van der Waals surface area contributed by atoms with Crippen molar-refractivity contribution in [2.75, 3.05) is 11.1 Å². The van der Waals surface area contributed by atoms with Crippen LogP contribution in [0.25, 0.3) is 0 Å². The molecular weight excluding hydrogens is 346 g/mol. The highest BCUT2D eigenvalue weighted by molar-refractivity contribution is 7.99. The Balaban J connectivity index is 1.72. The van der Waals surface area contributed by atoms with Crippen molar-refractivity contribution in [3.05, 3.63) is 77.0 Å². The smallest absolute Gasteiger partial charge is 0.313 e. The molecule has 0 unspecified atom stereocenters. The van der Waals surface area contributed by atoms with E-state index in [0.717, 1.165) is 16.9 Å². The minimum atomic E-state index is -0.818. The Morgan fingerprint density at radius 2 is 1.81 bits per heavy atom. The molecule has 134 valence electrons. The maximum atomic E-state index is 12.7. The van der Waals surface area contributed by atoms with E-state index in [4.69, 9.17) is 5.11 Å². The van der Waals surface area contributed by atoms with Gasteiger partial charge >= 0.3 is 5.97 Å². The van der Waals surface area contributed by atoms with Crippen LogP contribution in [0.15, 0.2) is 60.3 Å². The SMILES string of the molecule is CC1(C)/C(=C/C(=O)c2ccc(CSCC(=O)O)cc2)Nc2ccccc21. The number of rotatable bonds is 6. The van der Waals surface area contributed by atoms with Crippen LogP contribution in [0.3, 0.4) is 0 Å². The zero-order valence-corrected chi connectivity index (χ0v) is 15.6. The number of para-hydroxylation sites is 1. The minimum Gasteiger partial charge on any atom is -0.481 e. The lowest BCUT2D eigenvalue weighted by molar-refractivity contribution is -0.133. The van der Waals surface area contributed by atoms with E-state index < -0.39 is 5.97 Å². The highest BCUT2D eigenvalue weighted by Crippen LogP contribution is 2.42. The monoisotopic (exact) mass is 367 g/mol. The molecule has 5 heteroatoms. The summed E-state index contributed by atoms with van der Waals surface area (Å²) in [5, 5.41) is 12.0. The van der Waals surface area contributed by atoms with E-state index in [2.05, 4.69) is 25.2 Å². The summed E-state index contributed by atoms with van der Waals surface area (Å²) < 4.78 is 0. The normalized spacial score (nSPS) is 16.2. The first-order chi connectivity index (χ1) is 12.4. The van der Waals surface area contributed by atoms with Gasteiger partial charge in [0.2, 0.25) is 0 Å². The fourth-order valence-electron chi connectivity index (χ4n) is 3.04. The summed E-state index contributed by atoms with van der Waals surface area (Å²) in [5.74, 6) is -0.168. The summed E-state index contributed by atoms with van der Waals surface area (Å²) in [6, 6.07) is 15.4. The predicted molar refractivity (Wildman–Crippen MR) is 106 cm³/mol. The number of allylic oxidation sites excluding steroid dienone is 2. The molecule has 0 aromatic heterocycles. The average molecular weight is 367 g/mol. The van der Waals surface area contributed by atoms with Gasteiger partial charge in [-0.15, -0.1) is 11.8 Å². The maximum Gasteiger partial charge on any atom is 0.313 e. The third-order valence-corrected chi connectivity index (χ3v) is 5.54. The molecule has 1 aliphatic rings. The number of fused-ring (bicyclic) bond motifs is 1. The molecule has 0 amide bonds. The van der Waals surface area contributed by atoms with Crippen LogP contribution in [-0.2, 0) is 16.0 Å². The summed E-state index contributed by atoms with van der Waals surface area (Å²) in [6.07, 6.45) is 1.67. The van der Waals surface area contributed by atoms with Crippen LogP contribution < -0.4 is 5.32 Å². The summed E-state index contributed by atoms with van der Waals surface area (Å²) in [5.41, 5.74) is 4.52. The zero-order chi connectivity index (χ0) is 18.7. The van der Waals surface area contributed by atoms with E-state index >= 15 is 0 Å². The topological polar surface area (TPSA) is 66.4 Å². The number of anilines is 1. The van der Waals surface area contributed by atoms with E-state index in [0.29, 0.717) is 11.3 Å². The zero-order valence-electron chi connectivity index (χ0n) is 14.8. The van der Waals surface area contributed by atoms with Crippen molar-refractivity contribution in [1.29, 1.82) is 0 Å². The molecule has 0 bridgehead atoms. The number of thioether (sulfide) groups is 1. The van der Waals surface area contributed by atoms with Crippen molar-refractivity contribution >= 4 is 29.2 Å². The number of carbonyl (C=O) groups excluding carboxylic acids is 1. The number of benzene rings is 2. The number of carbonyl (C=O) groups is 2. The molecule has 0 saturated carbocycles. The van der Waals surface area contributed by atoms with Crippen molar-refractivity contribution in [3.63, 3.8) is 0 Å². The third-order valence-electron chi connectivity index (χ3n) is 4.55. The minimum absolute atomic E-state index is 0.0434. The molecular formula is C21H21NO3S. The van der Waals surface area contributed by atoms with Crippen molar-refractivity contribution in [2.45, 2.75) is 25.0 Å². The second-order valence-corrected chi connectivity index (χ2v) is 7.79. The second-order valence-electron chi connectivity index (χ2n) is 6.80. The Kier molecular flexibility index (Phi) is 5.18. The van der Waals surface area contributed by atoms with Crippen molar-refractivity contribution in [1.82, 2.24) is 0 Å². The van der Waals surface area contributed by atoms with Crippen LogP contribution in [0, 0.1) is 0 Å². The molecule has 2 N–H and O–H groups in total. The fourth-order valence-corrected chi connectivity index (χ4v) is 3.74. The molecule has 0 radical (unpaired) electrons. The van der Waals surface area contributed by atoms with Gasteiger partial charge in [-0.2, -0.15) is 0 Å². The summed E-state index contributed by atoms with van der Waals surface area (Å²) in [7, 11) is 0. The molecule has 2 aromatic carbocycles. The van der Waals surface area contributed by atoms with Gasteiger partial charge in [0, 0.05) is 34.2 Å². The lowest BCUT2D eigenvalue weighted by atomic mass is 9.83. The third kappa shape index (κ3) is 3.83. The van der Waals surface area contributed by atoms with E-state index in [1.807, 2.05) is 30.3 Å². The van der Waals surface area contributed by atoms with Gasteiger partial charge in [-0.3, -0.25) is 9.59 Å². The molecule has 26 heavy (non-hydrogen) atoms. The van der Waals surface area contributed by atoms with Crippen LogP contribution in [0.4, 0.5) is 5.69 Å². The molecule has 1 heterocycles. The fraction of sp³-hybridized carbons (Fsp3) is 0.238. The Morgan fingerprint density at radius 3 is 2.46 bits per heavy atom. The standard InChI is InChI=1S/C21H21NO3S/c1-21(2)16-5-3-4-6-17(16)22-19(21)11-18(23)15-9-7-14(8-10-15)12-26-13-20(24)25/h3-11,22H,12-13H2,1-2H3,(H,24,25)/b19-11-. The van der Waals surface area contributed by atoms with Crippen LogP contribution in [0.5, 0.6) is 0 Å². The molecule has 0 fully saturated rings. The van der Waals surface area contributed by atoms with E-state index in [-0.39, 0.29) is 17.0 Å². The van der Waals surface area contributed by atoms with Gasteiger partial charge < -0.3 is 10.4 Å². The highest BCUT2D eigenvalue weighted by Gasteiger charge is 2.34. The summed E-state index contributed by atoms with van der Waals surface area (Å²) in [4.78, 5) is 23.2. The predicted octanol–water partition coefficient (Wildman–Crippen LogP) is 4.47. The Bertz CT molecular complexity index is 869. The van der Waals surface area contributed by atoms with Gasteiger partial charge in [0.05, 0.1) is 5.75 Å². The lowest BCUT2D eigenvalue weighted by Gasteiger charge is -2.20. The lowest BCUT2D eigenvalue weighted by Crippen LogP contribution is -2.18. The van der Waals surface area contributed by atoms with Crippen LogP contribution >= 0.6 is 11.8 Å². The molecule has 2 aromatic rings. The number of nitrogens with one attached hydrogen (secondary N) is 1. The molecule has 0 aliphatic carbocycles. The van der Waals surface area contributed by atoms with Crippen molar-refractivity contribution in [2.24, 2.45) is 0 Å². The Labute approximate surface area is 157 Å². The van der Waals surface area contributed by atoms with E-state index in [1.54, 1.807) is 18.2 Å². The highest BCUT2D eigenvalue weighted by atomic mass is 32.2. The number of hydrogen-bond donors (Lipinski definition) is 2. The van der Waals surface area contributed by atoms with Crippen LogP contribution in [-0.4, -0.2) is 22.6 Å².